The molecule has 2 amide bonds. The zero-order valence-electron chi connectivity index (χ0n) is 21.6. The second-order valence-electron chi connectivity index (χ2n) is 8.82. The van der Waals surface area contributed by atoms with Crippen LogP contribution in [0.5, 0.6) is 0 Å². The van der Waals surface area contributed by atoms with Crippen LogP contribution in [0.25, 0.3) is 0 Å². The first-order valence-electron chi connectivity index (χ1n) is 11.8. The van der Waals surface area contributed by atoms with E-state index in [9.17, 15) is 53.5 Å². The van der Waals surface area contributed by atoms with Crippen LogP contribution in [0.15, 0.2) is 66.7 Å². The molecule has 0 saturated carbocycles. The van der Waals surface area contributed by atoms with Crippen LogP contribution in [-0.4, -0.2) is 44.4 Å². The van der Waals surface area contributed by atoms with E-state index in [0.717, 1.165) is 23.1 Å². The van der Waals surface area contributed by atoms with Gasteiger partial charge in [-0.2, -0.15) is 39.5 Å². The molecule has 0 spiro atoms. The fourth-order valence-corrected chi connectivity index (χ4v) is 3.93. The summed E-state index contributed by atoms with van der Waals surface area (Å²) in [6, 6.07) is 9.40. The fraction of sp³-hybridized carbons (Fsp3) is 0.259. The molecule has 0 radical (unpaired) electrons. The molecule has 16 heteroatoms. The van der Waals surface area contributed by atoms with Crippen LogP contribution in [0.2, 0.25) is 0 Å². The standard InChI is InChI=1S/C27H19F11N2O3/c1-43-13-12-40(23(42)15-6-3-2-4-7-15)20-9-5-8-17(21(20)28)22(41)39-19-11-10-16(14-18(19)25(30,31)32)24(29,26(33,34)35)27(36,37)38/h2-11,14H,12-13H2,1H3,(H,39,41). The van der Waals surface area contributed by atoms with Crippen molar-refractivity contribution in [3.8, 4) is 0 Å². The number of amides is 2. The van der Waals surface area contributed by atoms with Crippen LogP contribution in [0.3, 0.4) is 0 Å². The summed E-state index contributed by atoms with van der Waals surface area (Å²) < 4.78 is 155. The van der Waals surface area contributed by atoms with Gasteiger partial charge >= 0.3 is 24.2 Å². The molecule has 0 atom stereocenters. The summed E-state index contributed by atoms with van der Waals surface area (Å²) in [6.45, 7) is -0.350. The molecule has 43 heavy (non-hydrogen) atoms. The van der Waals surface area contributed by atoms with Gasteiger partial charge in [0, 0.05) is 24.8 Å². The molecule has 0 unspecified atom stereocenters. The van der Waals surface area contributed by atoms with E-state index in [1.165, 1.54) is 31.4 Å². The maximum atomic E-state index is 15.6. The Morgan fingerprint density at radius 1 is 0.814 bits per heavy atom. The lowest BCUT2D eigenvalue weighted by molar-refractivity contribution is -0.348. The number of benzene rings is 3. The van der Waals surface area contributed by atoms with E-state index in [1.54, 1.807) is 11.4 Å². The van der Waals surface area contributed by atoms with E-state index < -0.39 is 76.0 Å². The average Bonchev–Trinajstić information content (AvgIpc) is 2.92. The lowest BCUT2D eigenvalue weighted by Gasteiger charge is -2.31. The topological polar surface area (TPSA) is 58.6 Å². The molecular formula is C27H19F11N2O3. The Balaban J connectivity index is 2.06. The zero-order valence-corrected chi connectivity index (χ0v) is 21.6. The van der Waals surface area contributed by atoms with Gasteiger partial charge in [0.2, 0.25) is 0 Å². The number of methoxy groups -OCH3 is 1. The first-order chi connectivity index (χ1) is 19.8. The molecule has 3 aromatic rings. The normalized spacial score (nSPS) is 12.7. The van der Waals surface area contributed by atoms with E-state index in [2.05, 4.69) is 0 Å². The highest BCUT2D eigenvalue weighted by atomic mass is 19.4. The summed E-state index contributed by atoms with van der Waals surface area (Å²) >= 11 is 0. The SMILES string of the molecule is COCCN(C(=O)c1ccccc1)c1cccc(C(=O)Nc2ccc(C(F)(C(F)(F)F)C(F)(F)F)cc2C(F)(F)F)c1F. The summed E-state index contributed by atoms with van der Waals surface area (Å²) in [5.74, 6) is -3.76. The minimum atomic E-state index is -6.70. The van der Waals surface area contributed by atoms with E-state index in [0.29, 0.717) is 0 Å². The Morgan fingerprint density at radius 2 is 1.42 bits per heavy atom. The van der Waals surface area contributed by atoms with E-state index in [-0.39, 0.29) is 30.8 Å². The van der Waals surface area contributed by atoms with Crippen LogP contribution >= 0.6 is 0 Å². The predicted molar refractivity (Wildman–Crippen MR) is 131 cm³/mol. The monoisotopic (exact) mass is 628 g/mol. The summed E-state index contributed by atoms with van der Waals surface area (Å²) in [6.07, 6.45) is -19.1. The molecule has 0 aliphatic heterocycles. The number of carbonyl (C=O) groups is 2. The quantitative estimate of drug-likeness (QED) is 0.261. The van der Waals surface area contributed by atoms with E-state index in [4.69, 9.17) is 4.74 Å². The van der Waals surface area contributed by atoms with Crippen LogP contribution in [0.1, 0.15) is 31.8 Å². The molecule has 0 bridgehead atoms. The highest BCUT2D eigenvalue weighted by Crippen LogP contribution is 2.54. The van der Waals surface area contributed by atoms with Crippen molar-refractivity contribution in [3.05, 3.63) is 94.8 Å². The fourth-order valence-electron chi connectivity index (χ4n) is 3.93. The predicted octanol–water partition coefficient (Wildman–Crippen LogP) is 7.68. The lowest BCUT2D eigenvalue weighted by atomic mass is 9.92. The molecule has 0 saturated heterocycles. The molecular weight excluding hydrogens is 609 g/mol. The number of nitrogens with zero attached hydrogens (tertiary/aromatic N) is 1. The largest absolute Gasteiger partial charge is 0.435 e. The molecule has 232 valence electrons. The van der Waals surface area contributed by atoms with Gasteiger partial charge < -0.3 is 15.0 Å². The second-order valence-corrected chi connectivity index (χ2v) is 8.82. The second kappa shape index (κ2) is 12.2. The minimum Gasteiger partial charge on any atom is -0.383 e. The van der Waals surface area contributed by atoms with Crippen molar-refractivity contribution in [3.63, 3.8) is 0 Å². The Hall–Kier alpha value is -4.21. The van der Waals surface area contributed by atoms with E-state index in [1.807, 2.05) is 0 Å². The first-order valence-corrected chi connectivity index (χ1v) is 11.8. The molecule has 3 aromatic carbocycles. The third-order valence-corrected chi connectivity index (χ3v) is 6.05. The molecule has 5 nitrogen and oxygen atoms in total. The van der Waals surface area contributed by atoms with Crippen molar-refractivity contribution < 1.29 is 62.6 Å². The Labute approximate surface area is 235 Å². The summed E-state index contributed by atoms with van der Waals surface area (Å²) in [5, 5.41) is 1.59. The minimum absolute atomic E-state index is 0.0204. The molecule has 0 aliphatic carbocycles. The van der Waals surface area contributed by atoms with Gasteiger partial charge in [0.05, 0.1) is 29.1 Å². The van der Waals surface area contributed by atoms with Crippen LogP contribution in [0, 0.1) is 5.82 Å². The summed E-state index contributed by atoms with van der Waals surface area (Å²) in [4.78, 5) is 26.8. The number of nitrogens with one attached hydrogen (secondary N) is 1. The molecule has 0 aromatic heterocycles. The van der Waals surface area contributed by atoms with Gasteiger partial charge in [0.1, 0.15) is 0 Å². The number of rotatable bonds is 8. The highest BCUT2D eigenvalue weighted by Gasteiger charge is 2.73. The first kappa shape index (κ1) is 33.3. The van der Waals surface area contributed by atoms with Crippen LogP contribution in [-0.2, 0) is 16.6 Å². The number of carbonyl (C=O) groups excluding carboxylic acids is 2. The molecule has 1 N–H and O–H groups in total. The summed E-state index contributed by atoms with van der Waals surface area (Å²) in [7, 11) is 1.28. The van der Waals surface area contributed by atoms with Gasteiger partial charge in [-0.15, -0.1) is 0 Å². The van der Waals surface area contributed by atoms with Crippen molar-refractivity contribution in [2.45, 2.75) is 24.2 Å². The third-order valence-electron chi connectivity index (χ3n) is 6.05. The average molecular weight is 628 g/mol. The maximum absolute atomic E-state index is 15.6. The van der Waals surface area contributed by atoms with Crippen molar-refractivity contribution in [1.29, 1.82) is 0 Å². The van der Waals surface area contributed by atoms with Crippen molar-refractivity contribution in [1.82, 2.24) is 0 Å². The molecule has 0 aliphatic rings. The van der Waals surface area contributed by atoms with Gasteiger partial charge in [-0.3, -0.25) is 9.59 Å². The number of anilines is 2. The number of ether oxygens (including phenoxy) is 1. The number of hydrogen-bond acceptors (Lipinski definition) is 3. The maximum Gasteiger partial charge on any atom is 0.435 e. The van der Waals surface area contributed by atoms with Gasteiger partial charge in [0.25, 0.3) is 11.8 Å². The molecule has 0 fully saturated rings. The lowest BCUT2D eigenvalue weighted by Crippen LogP contribution is -2.50. The summed E-state index contributed by atoms with van der Waals surface area (Å²) in [5.41, 5.74) is -13.6. The van der Waals surface area contributed by atoms with Crippen LogP contribution < -0.4 is 10.2 Å². The number of alkyl halides is 10. The smallest absolute Gasteiger partial charge is 0.383 e. The van der Waals surface area contributed by atoms with Crippen molar-refractivity contribution in [2.75, 3.05) is 30.5 Å². The zero-order chi connectivity index (χ0) is 32.4. The molecule has 0 heterocycles. The number of halogens is 11. The van der Waals surface area contributed by atoms with Gasteiger partial charge in [-0.05, 0) is 36.4 Å². The van der Waals surface area contributed by atoms with E-state index >= 15 is 4.39 Å². The Morgan fingerprint density at radius 3 is 1.95 bits per heavy atom. The van der Waals surface area contributed by atoms with Crippen LogP contribution in [0.4, 0.5) is 59.7 Å². The number of hydrogen-bond donors (Lipinski definition) is 1. The molecule has 3 rings (SSSR count). The third kappa shape index (κ3) is 6.73. The van der Waals surface area contributed by atoms with Gasteiger partial charge in [-0.25, -0.2) is 8.78 Å². The van der Waals surface area contributed by atoms with Gasteiger partial charge in [0.15, 0.2) is 5.82 Å². The Kier molecular flexibility index (Phi) is 9.43. The van der Waals surface area contributed by atoms with Gasteiger partial charge in [-0.1, -0.05) is 30.3 Å². The highest BCUT2D eigenvalue weighted by molar-refractivity contribution is 6.09. The van der Waals surface area contributed by atoms with Crippen molar-refractivity contribution in [2.24, 2.45) is 0 Å². The Bertz CT molecular complexity index is 1460. The van der Waals surface area contributed by atoms with Crippen molar-refractivity contribution >= 4 is 23.2 Å².